The first-order valence-corrected chi connectivity index (χ1v) is 7.17. The highest BCUT2D eigenvalue weighted by Crippen LogP contribution is 2.38. The van der Waals surface area contributed by atoms with Gasteiger partial charge >= 0.3 is 0 Å². The average Bonchev–Trinajstić information content (AvgIpc) is 2.40. The molecule has 0 aliphatic carbocycles. The summed E-state index contributed by atoms with van der Waals surface area (Å²) in [6.45, 7) is 6.31. The van der Waals surface area contributed by atoms with E-state index in [0.717, 1.165) is 25.2 Å². The lowest BCUT2D eigenvalue weighted by atomic mass is 9.85. The van der Waals surface area contributed by atoms with Gasteiger partial charge in [-0.05, 0) is 44.4 Å². The molecule has 1 aliphatic rings. The Labute approximate surface area is 133 Å². The Kier molecular flexibility index (Phi) is 6.02. The normalized spacial score (nSPS) is 18.9. The number of likely N-dealkylation sites (tertiary alicyclic amines) is 1. The molecule has 1 aromatic carbocycles. The summed E-state index contributed by atoms with van der Waals surface area (Å²) in [6, 6.07) is 7.36. The molecule has 1 heterocycles. The Hall–Kier alpha value is -0.840. The number of benzene rings is 1. The highest BCUT2D eigenvalue weighted by atomic mass is 35.5. The minimum Gasteiger partial charge on any atom is -0.497 e. The third-order valence-corrected chi connectivity index (χ3v) is 3.87. The van der Waals surface area contributed by atoms with Crippen LogP contribution in [0.1, 0.15) is 32.3 Å². The van der Waals surface area contributed by atoms with E-state index in [1.54, 1.807) is 7.11 Å². The summed E-state index contributed by atoms with van der Waals surface area (Å²) in [7, 11) is 1.61. The van der Waals surface area contributed by atoms with Gasteiger partial charge in [-0.3, -0.25) is 0 Å². The molecule has 0 spiro atoms. The van der Waals surface area contributed by atoms with Crippen molar-refractivity contribution >= 4 is 12.4 Å². The van der Waals surface area contributed by atoms with E-state index in [-0.39, 0.29) is 17.9 Å². The lowest BCUT2D eigenvalue weighted by Crippen LogP contribution is -2.49. The van der Waals surface area contributed by atoms with E-state index in [0.29, 0.717) is 18.6 Å². The molecule has 1 aliphatic heterocycles. The largest absolute Gasteiger partial charge is 0.497 e. The fourth-order valence-electron chi connectivity index (χ4n) is 2.83. The minimum atomic E-state index is -1.25. The second-order valence-corrected chi connectivity index (χ2v) is 6.46. The van der Waals surface area contributed by atoms with Gasteiger partial charge < -0.3 is 15.4 Å². The zero-order chi connectivity index (χ0) is 14.8. The van der Waals surface area contributed by atoms with Gasteiger partial charge in [0.1, 0.15) is 11.4 Å². The van der Waals surface area contributed by atoms with E-state index in [1.807, 2.05) is 38.1 Å². The molecule has 0 unspecified atom stereocenters. The second kappa shape index (κ2) is 6.95. The Morgan fingerprint density at radius 1 is 1.33 bits per heavy atom. The molecule has 0 bridgehead atoms. The quantitative estimate of drug-likeness (QED) is 0.927. The molecule has 0 atom stereocenters. The van der Waals surface area contributed by atoms with Crippen molar-refractivity contribution in [3.05, 3.63) is 29.8 Å². The van der Waals surface area contributed by atoms with Gasteiger partial charge in [-0.15, -0.1) is 12.4 Å². The first-order valence-electron chi connectivity index (χ1n) is 7.17. The number of alkyl halides is 1. The Morgan fingerprint density at radius 3 is 2.48 bits per heavy atom. The molecule has 1 fully saturated rings. The molecule has 3 nitrogen and oxygen atoms in total. The van der Waals surface area contributed by atoms with Gasteiger partial charge in [0.25, 0.3) is 0 Å². The number of hydrogen-bond donors (Lipinski definition) is 1. The second-order valence-electron chi connectivity index (χ2n) is 6.46. The number of nitrogens with two attached hydrogens (primary N) is 1. The number of ether oxygens (including phenoxy) is 1. The van der Waals surface area contributed by atoms with Crippen LogP contribution in [0, 0.1) is 0 Å². The van der Waals surface area contributed by atoms with Crippen LogP contribution in [-0.4, -0.2) is 37.2 Å². The third kappa shape index (κ3) is 4.83. The minimum absolute atomic E-state index is 0. The molecule has 0 amide bonds. The van der Waals surface area contributed by atoms with Gasteiger partial charge in [0.15, 0.2) is 0 Å². The average molecular weight is 317 g/mol. The Morgan fingerprint density at radius 2 is 1.95 bits per heavy atom. The molecule has 0 aromatic heterocycles. The molecule has 1 saturated heterocycles. The monoisotopic (exact) mass is 316 g/mol. The number of rotatable bonds is 4. The Balaban J connectivity index is 0.00000220. The summed E-state index contributed by atoms with van der Waals surface area (Å²) < 4.78 is 20.3. The number of piperidine rings is 1. The molecule has 2 rings (SSSR count). The van der Waals surface area contributed by atoms with Crippen LogP contribution in [0.4, 0.5) is 4.39 Å². The lowest BCUT2D eigenvalue weighted by molar-refractivity contribution is 0.0482. The number of hydrogen-bond acceptors (Lipinski definition) is 3. The van der Waals surface area contributed by atoms with Crippen molar-refractivity contribution < 1.29 is 9.13 Å². The first-order chi connectivity index (χ1) is 9.32. The topological polar surface area (TPSA) is 38.5 Å². The molecular formula is C16H26ClFN2O. The van der Waals surface area contributed by atoms with Crippen molar-refractivity contribution in [3.8, 4) is 5.75 Å². The van der Waals surface area contributed by atoms with Crippen LogP contribution < -0.4 is 10.5 Å². The highest BCUT2D eigenvalue weighted by Gasteiger charge is 2.37. The van der Waals surface area contributed by atoms with E-state index < -0.39 is 5.67 Å². The lowest BCUT2D eigenvalue weighted by Gasteiger charge is -2.39. The summed E-state index contributed by atoms with van der Waals surface area (Å²) in [6.07, 6.45) is 1.02. The summed E-state index contributed by atoms with van der Waals surface area (Å²) in [4.78, 5) is 2.25. The van der Waals surface area contributed by atoms with Crippen LogP contribution in [0.3, 0.4) is 0 Å². The number of methoxy groups -OCH3 is 1. The van der Waals surface area contributed by atoms with Crippen LogP contribution in [0.25, 0.3) is 0 Å². The summed E-state index contributed by atoms with van der Waals surface area (Å²) in [5.41, 5.74) is 5.28. The maximum absolute atomic E-state index is 15.1. The summed E-state index contributed by atoms with van der Waals surface area (Å²) in [5, 5.41) is 0. The molecule has 2 N–H and O–H groups in total. The number of halogens is 2. The zero-order valence-electron chi connectivity index (χ0n) is 13.1. The van der Waals surface area contributed by atoms with Crippen LogP contribution in [-0.2, 0) is 5.67 Å². The third-order valence-electron chi connectivity index (χ3n) is 3.87. The van der Waals surface area contributed by atoms with Gasteiger partial charge in [0.2, 0.25) is 0 Å². The van der Waals surface area contributed by atoms with Crippen LogP contribution in [0.15, 0.2) is 24.3 Å². The molecule has 0 radical (unpaired) electrons. The fourth-order valence-corrected chi connectivity index (χ4v) is 2.83. The van der Waals surface area contributed by atoms with E-state index in [1.165, 1.54) is 0 Å². The van der Waals surface area contributed by atoms with E-state index in [4.69, 9.17) is 10.5 Å². The van der Waals surface area contributed by atoms with E-state index in [2.05, 4.69) is 4.90 Å². The van der Waals surface area contributed by atoms with Gasteiger partial charge in [-0.25, -0.2) is 4.39 Å². The summed E-state index contributed by atoms with van der Waals surface area (Å²) >= 11 is 0. The molecular weight excluding hydrogens is 291 g/mol. The Bertz CT molecular complexity index is 454. The predicted molar refractivity (Wildman–Crippen MR) is 87.0 cm³/mol. The van der Waals surface area contributed by atoms with Crippen molar-refractivity contribution in [2.24, 2.45) is 5.73 Å². The molecule has 21 heavy (non-hydrogen) atoms. The van der Waals surface area contributed by atoms with Gasteiger partial charge in [-0.1, -0.05) is 12.1 Å². The SMILES string of the molecule is COc1cccc(C2(F)CCN(CC(C)(C)N)CC2)c1.Cl. The van der Waals surface area contributed by atoms with Crippen molar-refractivity contribution in [3.63, 3.8) is 0 Å². The highest BCUT2D eigenvalue weighted by molar-refractivity contribution is 5.85. The predicted octanol–water partition coefficient (Wildman–Crippen LogP) is 3.11. The first kappa shape index (κ1) is 18.2. The van der Waals surface area contributed by atoms with Crippen LogP contribution in [0.5, 0.6) is 5.75 Å². The molecule has 1 aromatic rings. The van der Waals surface area contributed by atoms with Gasteiger partial charge in [-0.2, -0.15) is 0 Å². The molecule has 0 saturated carbocycles. The van der Waals surface area contributed by atoms with Gasteiger partial charge in [0.05, 0.1) is 7.11 Å². The summed E-state index contributed by atoms with van der Waals surface area (Å²) in [5.74, 6) is 0.713. The van der Waals surface area contributed by atoms with Crippen molar-refractivity contribution in [2.75, 3.05) is 26.7 Å². The standard InChI is InChI=1S/C16H25FN2O.ClH/c1-15(2,18)12-19-9-7-16(17,8-10-19)13-5-4-6-14(11-13)20-3;/h4-6,11H,7-10,12,18H2,1-3H3;1H. The maximum Gasteiger partial charge on any atom is 0.138 e. The van der Waals surface area contributed by atoms with Crippen LogP contribution in [0.2, 0.25) is 0 Å². The van der Waals surface area contributed by atoms with Crippen molar-refractivity contribution in [1.82, 2.24) is 4.90 Å². The van der Waals surface area contributed by atoms with Crippen molar-refractivity contribution in [2.45, 2.75) is 37.9 Å². The van der Waals surface area contributed by atoms with E-state index in [9.17, 15) is 0 Å². The van der Waals surface area contributed by atoms with Crippen LogP contribution >= 0.6 is 12.4 Å². The van der Waals surface area contributed by atoms with Crippen molar-refractivity contribution in [1.29, 1.82) is 0 Å². The smallest absolute Gasteiger partial charge is 0.138 e. The molecule has 5 heteroatoms. The zero-order valence-corrected chi connectivity index (χ0v) is 13.9. The number of nitrogens with zero attached hydrogens (tertiary/aromatic N) is 1. The fraction of sp³-hybridized carbons (Fsp3) is 0.625. The molecule has 120 valence electrons. The van der Waals surface area contributed by atoms with E-state index >= 15 is 4.39 Å². The van der Waals surface area contributed by atoms with Gasteiger partial charge in [0, 0.05) is 25.2 Å². The maximum atomic E-state index is 15.1.